The van der Waals surface area contributed by atoms with Gasteiger partial charge in [0.2, 0.25) is 0 Å². The van der Waals surface area contributed by atoms with Crippen molar-refractivity contribution < 1.29 is 19.1 Å². The number of ether oxygens (including phenoxy) is 2. The van der Waals surface area contributed by atoms with Crippen LogP contribution < -0.4 is 5.73 Å². The van der Waals surface area contributed by atoms with Crippen LogP contribution in [0.5, 0.6) is 0 Å². The van der Waals surface area contributed by atoms with Gasteiger partial charge in [-0.2, -0.15) is 5.26 Å². The highest BCUT2D eigenvalue weighted by Crippen LogP contribution is 2.28. The third-order valence-corrected chi connectivity index (χ3v) is 6.26. The number of hydrogen-bond acceptors (Lipinski definition) is 7. The molecule has 3 aromatic rings. The van der Waals surface area contributed by atoms with Crippen molar-refractivity contribution in [3.05, 3.63) is 104 Å². The molecule has 0 bridgehead atoms. The van der Waals surface area contributed by atoms with Crippen molar-refractivity contribution >= 4 is 77.0 Å². The molecule has 12 heteroatoms. The van der Waals surface area contributed by atoms with Gasteiger partial charge in [-0.05, 0) is 54.8 Å². The van der Waals surface area contributed by atoms with Gasteiger partial charge in [0.15, 0.2) is 6.04 Å². The Morgan fingerprint density at radius 2 is 1.32 bits per heavy atom. The van der Waals surface area contributed by atoms with Gasteiger partial charge in [0, 0.05) is 13.1 Å². The van der Waals surface area contributed by atoms with E-state index in [1.165, 1.54) is 6.92 Å². The van der Waals surface area contributed by atoms with Crippen LogP contribution in [0.1, 0.15) is 49.5 Å². The van der Waals surface area contributed by atoms with E-state index >= 15 is 0 Å². The predicted molar refractivity (Wildman–Crippen MR) is 168 cm³/mol. The van der Waals surface area contributed by atoms with Crippen LogP contribution in [-0.2, 0) is 19.1 Å². The average molecular weight is 662 g/mol. The number of carbonyl (C=O) groups excluding carboxylic acids is 2. The lowest BCUT2D eigenvalue weighted by molar-refractivity contribution is -0.145. The summed E-state index contributed by atoms with van der Waals surface area (Å²) in [6, 6.07) is 19.5. The molecule has 2 N–H and O–H groups in total. The van der Waals surface area contributed by atoms with E-state index < -0.39 is 24.0 Å². The van der Waals surface area contributed by atoms with Gasteiger partial charge in [-0.25, -0.2) is 9.59 Å². The zero-order valence-corrected chi connectivity index (χ0v) is 26.4. The van der Waals surface area contributed by atoms with Crippen molar-refractivity contribution in [1.29, 1.82) is 5.26 Å². The summed E-state index contributed by atoms with van der Waals surface area (Å²) in [5, 5.41) is 8.92. The van der Waals surface area contributed by atoms with Crippen LogP contribution in [0.2, 0.25) is 20.1 Å². The first-order valence-corrected chi connectivity index (χ1v) is 13.5. The van der Waals surface area contributed by atoms with Crippen LogP contribution in [0.25, 0.3) is 0 Å². The van der Waals surface area contributed by atoms with E-state index in [4.69, 9.17) is 66.9 Å². The van der Waals surface area contributed by atoms with Gasteiger partial charge >= 0.3 is 11.9 Å². The minimum absolute atomic E-state index is 0. The standard InChI is InChI=1S/C17H15Cl2NO2.C10H11Cl2NO2.C2H3N.ClH/c1-2-22-17(21)16(13-8-9-14(18)15(19)10-13)20-11-12-6-4-3-5-7-12;1-2-15-10(14)9(13)6-3-4-7(11)8(12)5-6;1-2-3;/h3-11,16H,2H2,1H3;3-5,9H,2,13H2,1H3;1H3;1H. The summed E-state index contributed by atoms with van der Waals surface area (Å²) in [4.78, 5) is 27.8. The first-order chi connectivity index (χ1) is 19.1. The number of hydrogen-bond donors (Lipinski definition) is 1. The second-order valence-corrected chi connectivity index (χ2v) is 9.27. The number of benzene rings is 3. The summed E-state index contributed by atoms with van der Waals surface area (Å²) in [6.45, 7) is 5.50. The van der Waals surface area contributed by atoms with E-state index in [1.54, 1.807) is 62.5 Å². The summed E-state index contributed by atoms with van der Waals surface area (Å²) in [6.07, 6.45) is 1.64. The van der Waals surface area contributed by atoms with E-state index in [0.29, 0.717) is 37.8 Å². The molecule has 0 fully saturated rings. The number of esters is 2. The van der Waals surface area contributed by atoms with E-state index in [2.05, 4.69) is 4.99 Å². The molecule has 2 atom stereocenters. The molecule has 7 nitrogen and oxygen atoms in total. The van der Waals surface area contributed by atoms with Crippen LogP contribution in [0.4, 0.5) is 0 Å². The molecule has 2 unspecified atom stereocenters. The lowest BCUT2D eigenvalue weighted by Gasteiger charge is -2.12. The molecule has 3 rings (SSSR count). The normalized spacial score (nSPS) is 11.3. The van der Waals surface area contributed by atoms with Gasteiger partial charge in [-0.3, -0.25) is 4.99 Å². The Bertz CT molecular complexity index is 1320. The lowest BCUT2D eigenvalue weighted by atomic mass is 10.1. The first-order valence-electron chi connectivity index (χ1n) is 12.0. The van der Waals surface area contributed by atoms with Crippen molar-refractivity contribution in [2.45, 2.75) is 32.9 Å². The molecular weight excluding hydrogens is 632 g/mol. The van der Waals surface area contributed by atoms with Crippen molar-refractivity contribution in [2.24, 2.45) is 10.7 Å². The highest BCUT2D eigenvalue weighted by molar-refractivity contribution is 6.42. The highest BCUT2D eigenvalue weighted by atomic mass is 35.5. The number of carbonyl (C=O) groups is 2. The highest BCUT2D eigenvalue weighted by Gasteiger charge is 2.21. The summed E-state index contributed by atoms with van der Waals surface area (Å²) < 4.78 is 9.88. The summed E-state index contributed by atoms with van der Waals surface area (Å²) in [5.74, 6) is -0.899. The molecule has 0 heterocycles. The Morgan fingerprint density at radius 1 is 0.854 bits per heavy atom. The monoisotopic (exact) mass is 659 g/mol. The van der Waals surface area contributed by atoms with Crippen LogP contribution >= 0.6 is 58.8 Å². The quantitative estimate of drug-likeness (QED) is 0.192. The molecule has 41 heavy (non-hydrogen) atoms. The zero-order valence-electron chi connectivity index (χ0n) is 22.5. The molecule has 220 valence electrons. The molecule has 0 saturated carbocycles. The van der Waals surface area contributed by atoms with Crippen LogP contribution in [0, 0.1) is 11.3 Å². The van der Waals surface area contributed by atoms with Gasteiger partial charge < -0.3 is 15.2 Å². The van der Waals surface area contributed by atoms with E-state index in [9.17, 15) is 9.59 Å². The Morgan fingerprint density at radius 3 is 1.80 bits per heavy atom. The Hall–Kier alpha value is -2.83. The average Bonchev–Trinajstić information content (AvgIpc) is 2.93. The van der Waals surface area contributed by atoms with Gasteiger partial charge in [-0.1, -0.05) is 88.9 Å². The lowest BCUT2D eigenvalue weighted by Crippen LogP contribution is -2.23. The number of aliphatic imine (C=N–C) groups is 1. The van der Waals surface area contributed by atoms with Crippen molar-refractivity contribution in [2.75, 3.05) is 13.2 Å². The summed E-state index contributed by atoms with van der Waals surface area (Å²) in [7, 11) is 0. The molecule has 0 spiro atoms. The molecule has 0 amide bonds. The Labute approximate surface area is 266 Å². The van der Waals surface area contributed by atoms with Crippen LogP contribution in [0.3, 0.4) is 0 Å². The van der Waals surface area contributed by atoms with Crippen molar-refractivity contribution in [1.82, 2.24) is 0 Å². The van der Waals surface area contributed by atoms with Gasteiger partial charge in [0.05, 0.1) is 39.4 Å². The maximum atomic E-state index is 12.1. The zero-order chi connectivity index (χ0) is 30.1. The van der Waals surface area contributed by atoms with Gasteiger partial charge in [-0.15, -0.1) is 12.4 Å². The Kier molecular flexibility index (Phi) is 19.5. The second kappa shape index (κ2) is 21.0. The fraction of sp³-hybridized carbons (Fsp3) is 0.241. The third kappa shape index (κ3) is 13.6. The van der Waals surface area contributed by atoms with Crippen LogP contribution in [0.15, 0.2) is 71.7 Å². The number of halogens is 5. The molecule has 0 aromatic heterocycles. The number of nitrogens with two attached hydrogens (primary N) is 1. The minimum Gasteiger partial charge on any atom is -0.465 e. The molecule has 0 aliphatic heterocycles. The molecule has 3 aromatic carbocycles. The maximum absolute atomic E-state index is 12.1. The van der Waals surface area contributed by atoms with Crippen molar-refractivity contribution in [3.63, 3.8) is 0 Å². The number of rotatable bonds is 8. The Balaban J connectivity index is 0.000000736. The van der Waals surface area contributed by atoms with Gasteiger partial charge in [0.1, 0.15) is 6.04 Å². The van der Waals surface area contributed by atoms with E-state index in [1.807, 2.05) is 30.3 Å². The number of nitriles is 1. The van der Waals surface area contributed by atoms with Crippen LogP contribution in [-0.4, -0.2) is 31.4 Å². The molecule has 0 aliphatic rings. The molecule has 0 saturated heterocycles. The molecule has 0 aliphatic carbocycles. The topological polar surface area (TPSA) is 115 Å². The second-order valence-electron chi connectivity index (χ2n) is 7.64. The van der Waals surface area contributed by atoms with E-state index in [0.717, 1.165) is 5.56 Å². The molecule has 0 radical (unpaired) electrons. The van der Waals surface area contributed by atoms with E-state index in [-0.39, 0.29) is 19.0 Å². The maximum Gasteiger partial charge on any atom is 0.335 e. The third-order valence-electron chi connectivity index (χ3n) is 4.78. The van der Waals surface area contributed by atoms with Gasteiger partial charge in [0.25, 0.3) is 0 Å². The predicted octanol–water partition coefficient (Wildman–Crippen LogP) is 8.22. The fourth-order valence-electron chi connectivity index (χ4n) is 2.96. The summed E-state index contributed by atoms with van der Waals surface area (Å²) >= 11 is 23.5. The molecular formula is C29H30Cl5N3O4. The number of nitrogens with zero attached hydrogens (tertiary/aromatic N) is 2. The smallest absolute Gasteiger partial charge is 0.335 e. The SMILES string of the molecule is CC#N.CCOC(=O)C(N)c1ccc(Cl)c(Cl)c1.CCOC(=O)C(N=Cc1ccccc1)c1ccc(Cl)c(Cl)c1.Cl. The van der Waals surface area contributed by atoms with Crippen molar-refractivity contribution in [3.8, 4) is 6.07 Å². The minimum atomic E-state index is -0.820. The summed E-state index contributed by atoms with van der Waals surface area (Å²) in [5.41, 5.74) is 7.79. The fourth-order valence-corrected chi connectivity index (χ4v) is 3.57. The largest absolute Gasteiger partial charge is 0.465 e. The first kappa shape index (κ1) is 38.2.